The zero-order chi connectivity index (χ0) is 12.7. The lowest BCUT2D eigenvalue weighted by Crippen LogP contribution is -2.32. The van der Waals surface area contributed by atoms with E-state index in [4.69, 9.17) is 11.6 Å². The van der Waals surface area contributed by atoms with Crippen LogP contribution < -0.4 is 0 Å². The predicted octanol–water partition coefficient (Wildman–Crippen LogP) is 3.01. The summed E-state index contributed by atoms with van der Waals surface area (Å²) in [5.41, 5.74) is 2.46. The van der Waals surface area contributed by atoms with Gasteiger partial charge in [0.1, 0.15) is 0 Å². The number of nitrogens with zero attached hydrogens (tertiary/aromatic N) is 1. The smallest absolute Gasteiger partial charge is 0.222 e. The Morgan fingerprint density at radius 1 is 1.29 bits per heavy atom. The fourth-order valence-electron chi connectivity index (χ4n) is 1.73. The van der Waals surface area contributed by atoms with Crippen molar-refractivity contribution in [1.82, 2.24) is 4.90 Å². The monoisotopic (exact) mass is 253 g/mol. The van der Waals surface area contributed by atoms with Gasteiger partial charge in [-0.25, -0.2) is 0 Å². The van der Waals surface area contributed by atoms with E-state index in [0.29, 0.717) is 18.8 Å². The van der Waals surface area contributed by atoms with Crippen LogP contribution >= 0.6 is 11.6 Å². The summed E-state index contributed by atoms with van der Waals surface area (Å²) in [5, 5.41) is 0. The molecule has 0 aliphatic rings. The lowest BCUT2D eigenvalue weighted by Gasteiger charge is -2.19. The lowest BCUT2D eigenvalue weighted by atomic mass is 10.1. The molecule has 0 N–H and O–H groups in total. The van der Waals surface area contributed by atoms with Gasteiger partial charge in [-0.3, -0.25) is 4.79 Å². The SMILES string of the molecule is CCN(CCCl)C(=O)CCc1ccc(C)cc1. The molecule has 3 heteroatoms. The molecule has 0 aliphatic carbocycles. The number of aryl methyl sites for hydroxylation is 2. The van der Waals surface area contributed by atoms with Crippen molar-refractivity contribution >= 4 is 17.5 Å². The molecule has 17 heavy (non-hydrogen) atoms. The van der Waals surface area contributed by atoms with Gasteiger partial charge in [-0.1, -0.05) is 29.8 Å². The number of carbonyl (C=O) groups excluding carboxylic acids is 1. The summed E-state index contributed by atoms with van der Waals surface area (Å²) < 4.78 is 0. The van der Waals surface area contributed by atoms with Crippen LogP contribution in [-0.2, 0) is 11.2 Å². The Hall–Kier alpha value is -1.02. The van der Waals surface area contributed by atoms with E-state index in [1.54, 1.807) is 4.90 Å². The summed E-state index contributed by atoms with van der Waals surface area (Å²) in [6, 6.07) is 8.33. The van der Waals surface area contributed by atoms with E-state index in [1.807, 2.05) is 6.92 Å². The minimum Gasteiger partial charge on any atom is -0.342 e. The number of rotatable bonds is 6. The molecular formula is C14H20ClNO. The lowest BCUT2D eigenvalue weighted by molar-refractivity contribution is -0.130. The topological polar surface area (TPSA) is 20.3 Å². The van der Waals surface area contributed by atoms with Crippen LogP contribution in [0, 0.1) is 6.92 Å². The Morgan fingerprint density at radius 2 is 1.94 bits per heavy atom. The zero-order valence-corrected chi connectivity index (χ0v) is 11.3. The molecule has 0 saturated carbocycles. The maximum absolute atomic E-state index is 11.9. The van der Waals surface area contributed by atoms with Crippen LogP contribution in [0.4, 0.5) is 0 Å². The third-order valence-electron chi connectivity index (χ3n) is 2.84. The van der Waals surface area contributed by atoms with Crippen molar-refractivity contribution in [3.63, 3.8) is 0 Å². The average Bonchev–Trinajstić information content (AvgIpc) is 2.35. The van der Waals surface area contributed by atoms with Crippen molar-refractivity contribution in [2.75, 3.05) is 19.0 Å². The van der Waals surface area contributed by atoms with E-state index < -0.39 is 0 Å². The Balaban J connectivity index is 2.44. The summed E-state index contributed by atoms with van der Waals surface area (Å²) >= 11 is 5.66. The third kappa shape index (κ3) is 4.78. The number of halogens is 1. The van der Waals surface area contributed by atoms with E-state index >= 15 is 0 Å². The van der Waals surface area contributed by atoms with Crippen LogP contribution in [0.15, 0.2) is 24.3 Å². The van der Waals surface area contributed by atoms with Gasteiger partial charge in [0.15, 0.2) is 0 Å². The largest absolute Gasteiger partial charge is 0.342 e. The molecule has 0 radical (unpaired) electrons. The van der Waals surface area contributed by atoms with Gasteiger partial charge < -0.3 is 4.90 Å². The molecule has 1 aromatic carbocycles. The summed E-state index contributed by atoms with van der Waals surface area (Å²) in [5.74, 6) is 0.693. The van der Waals surface area contributed by atoms with Crippen LogP contribution in [0.1, 0.15) is 24.5 Å². The number of alkyl halides is 1. The first-order chi connectivity index (χ1) is 8.17. The summed E-state index contributed by atoms with van der Waals surface area (Å²) in [7, 11) is 0. The van der Waals surface area contributed by atoms with Gasteiger partial charge in [-0.05, 0) is 25.8 Å². The van der Waals surface area contributed by atoms with Gasteiger partial charge in [-0.2, -0.15) is 0 Å². The maximum atomic E-state index is 11.9. The highest BCUT2D eigenvalue weighted by atomic mass is 35.5. The normalized spacial score (nSPS) is 10.3. The summed E-state index contributed by atoms with van der Waals surface area (Å²) in [6.07, 6.45) is 1.37. The standard InChI is InChI=1S/C14H20ClNO/c1-3-16(11-10-15)14(17)9-8-13-6-4-12(2)5-7-13/h4-7H,3,8-11H2,1-2H3. The summed E-state index contributed by atoms with van der Waals surface area (Å²) in [6.45, 7) is 5.43. The molecule has 0 saturated heterocycles. The second kappa shape index (κ2) is 7.33. The number of amides is 1. The molecule has 0 heterocycles. The highest BCUT2D eigenvalue weighted by Gasteiger charge is 2.10. The van der Waals surface area contributed by atoms with Gasteiger partial charge >= 0.3 is 0 Å². The highest BCUT2D eigenvalue weighted by Crippen LogP contribution is 2.07. The van der Waals surface area contributed by atoms with E-state index in [1.165, 1.54) is 11.1 Å². The quantitative estimate of drug-likeness (QED) is 0.714. The second-order valence-electron chi connectivity index (χ2n) is 4.15. The van der Waals surface area contributed by atoms with Gasteiger partial charge in [-0.15, -0.1) is 11.6 Å². The Labute approximate surface area is 109 Å². The molecule has 0 fully saturated rings. The maximum Gasteiger partial charge on any atom is 0.222 e. The first-order valence-corrected chi connectivity index (χ1v) is 6.60. The minimum atomic E-state index is 0.189. The molecule has 0 unspecified atom stereocenters. The van der Waals surface area contributed by atoms with Gasteiger partial charge in [0.05, 0.1) is 0 Å². The minimum absolute atomic E-state index is 0.189. The second-order valence-corrected chi connectivity index (χ2v) is 4.53. The first kappa shape index (κ1) is 14.0. The van der Waals surface area contributed by atoms with E-state index in [-0.39, 0.29) is 5.91 Å². The van der Waals surface area contributed by atoms with Crippen molar-refractivity contribution in [3.05, 3.63) is 35.4 Å². The molecule has 2 nitrogen and oxygen atoms in total. The number of hydrogen-bond donors (Lipinski definition) is 0. The first-order valence-electron chi connectivity index (χ1n) is 6.06. The van der Waals surface area contributed by atoms with Crippen molar-refractivity contribution in [3.8, 4) is 0 Å². The molecular weight excluding hydrogens is 234 g/mol. The molecule has 0 aromatic heterocycles. The fourth-order valence-corrected chi connectivity index (χ4v) is 1.93. The van der Waals surface area contributed by atoms with E-state index in [9.17, 15) is 4.79 Å². The van der Waals surface area contributed by atoms with E-state index in [0.717, 1.165) is 13.0 Å². The van der Waals surface area contributed by atoms with E-state index in [2.05, 4.69) is 31.2 Å². The molecule has 94 valence electrons. The highest BCUT2D eigenvalue weighted by molar-refractivity contribution is 6.18. The van der Waals surface area contributed by atoms with Crippen LogP contribution in [0.5, 0.6) is 0 Å². The Kier molecular flexibility index (Phi) is 6.06. The molecule has 0 atom stereocenters. The molecule has 1 rings (SSSR count). The molecule has 0 spiro atoms. The Morgan fingerprint density at radius 3 is 2.47 bits per heavy atom. The van der Waals surface area contributed by atoms with Crippen molar-refractivity contribution in [2.24, 2.45) is 0 Å². The molecule has 0 bridgehead atoms. The van der Waals surface area contributed by atoms with Crippen molar-refractivity contribution in [2.45, 2.75) is 26.7 Å². The van der Waals surface area contributed by atoms with Crippen LogP contribution in [0.2, 0.25) is 0 Å². The third-order valence-corrected chi connectivity index (χ3v) is 3.01. The van der Waals surface area contributed by atoms with Gasteiger partial charge in [0.2, 0.25) is 5.91 Å². The van der Waals surface area contributed by atoms with Gasteiger partial charge in [0.25, 0.3) is 0 Å². The average molecular weight is 254 g/mol. The fraction of sp³-hybridized carbons (Fsp3) is 0.500. The molecule has 1 amide bonds. The van der Waals surface area contributed by atoms with Crippen molar-refractivity contribution in [1.29, 1.82) is 0 Å². The number of hydrogen-bond acceptors (Lipinski definition) is 1. The van der Waals surface area contributed by atoms with Crippen LogP contribution in [-0.4, -0.2) is 29.8 Å². The van der Waals surface area contributed by atoms with Gasteiger partial charge in [0, 0.05) is 25.4 Å². The van der Waals surface area contributed by atoms with Crippen LogP contribution in [0.25, 0.3) is 0 Å². The Bertz CT molecular complexity index is 348. The number of benzene rings is 1. The van der Waals surface area contributed by atoms with Crippen molar-refractivity contribution < 1.29 is 4.79 Å². The molecule has 1 aromatic rings. The summed E-state index contributed by atoms with van der Waals surface area (Å²) in [4.78, 5) is 13.7. The van der Waals surface area contributed by atoms with Crippen LogP contribution in [0.3, 0.4) is 0 Å². The molecule has 0 aliphatic heterocycles. The number of carbonyl (C=O) groups is 1. The predicted molar refractivity (Wildman–Crippen MR) is 72.5 cm³/mol. The zero-order valence-electron chi connectivity index (χ0n) is 10.6.